The number of rotatable bonds is 5. The first kappa shape index (κ1) is 21.9. The number of likely N-dealkylation sites (tertiary alicyclic amines) is 1. The predicted octanol–water partition coefficient (Wildman–Crippen LogP) is 3.61. The Labute approximate surface area is 200 Å². The lowest BCUT2D eigenvalue weighted by Crippen LogP contribution is -2.29. The van der Waals surface area contributed by atoms with Crippen LogP contribution in [0.1, 0.15) is 25.6 Å². The van der Waals surface area contributed by atoms with Gasteiger partial charge in [0.05, 0.1) is 12.1 Å². The number of hydrogen-bond donors (Lipinski definition) is 2. The van der Waals surface area contributed by atoms with E-state index in [0.717, 1.165) is 42.4 Å². The molecule has 2 fully saturated rings. The van der Waals surface area contributed by atoms with Gasteiger partial charge in [0.15, 0.2) is 5.65 Å². The van der Waals surface area contributed by atoms with E-state index in [-0.39, 0.29) is 11.9 Å². The van der Waals surface area contributed by atoms with Crippen molar-refractivity contribution in [1.82, 2.24) is 34.4 Å². The number of anilines is 1. The maximum atomic E-state index is 13.1. The summed E-state index contributed by atoms with van der Waals surface area (Å²) in [5, 5.41) is 4.29. The Morgan fingerprint density at radius 1 is 1.20 bits per heavy atom. The van der Waals surface area contributed by atoms with Crippen LogP contribution in [0.25, 0.3) is 33.3 Å². The van der Waals surface area contributed by atoms with Crippen molar-refractivity contribution in [2.45, 2.75) is 45.7 Å². The summed E-state index contributed by atoms with van der Waals surface area (Å²) in [6.07, 6.45) is 4.83. The molecule has 182 valence electrons. The van der Waals surface area contributed by atoms with Gasteiger partial charge in [-0.15, -0.1) is 0 Å². The summed E-state index contributed by atoms with van der Waals surface area (Å²) in [5.74, 6) is 2.29. The summed E-state index contributed by atoms with van der Waals surface area (Å²) in [6, 6.07) is 2.12. The molecule has 1 saturated heterocycles. The van der Waals surface area contributed by atoms with Gasteiger partial charge in [0, 0.05) is 61.2 Å². The zero-order valence-corrected chi connectivity index (χ0v) is 19.5. The molecule has 2 N–H and O–H groups in total. The van der Waals surface area contributed by atoms with E-state index >= 15 is 0 Å². The van der Waals surface area contributed by atoms with Crippen molar-refractivity contribution in [3.8, 4) is 11.1 Å². The topological polar surface area (TPSA) is 105 Å². The summed E-state index contributed by atoms with van der Waals surface area (Å²) < 4.78 is 27.6. The Bertz CT molecular complexity index is 1420. The maximum absolute atomic E-state index is 13.1. The molecule has 5 heterocycles. The number of nitrogens with one attached hydrogen (secondary N) is 2. The van der Waals surface area contributed by atoms with Crippen molar-refractivity contribution in [3.63, 3.8) is 0 Å². The standard InChI is InChI=1S/C24H26F2N8O/c1-12-30-23-20(34(12)11-21(25)26)5-14(6-27-23)18-7-28-22-19(18)8-29-24(32-22)31-17-3-15-9-33(13(2)35)10-16(15)4-17/h5-8,15-17,21H,3-4,9-11H2,1-2H3,(H2,28,29,31,32)/t15-,16+,17+. The van der Waals surface area contributed by atoms with Gasteiger partial charge in [0.25, 0.3) is 6.43 Å². The molecule has 1 saturated carbocycles. The van der Waals surface area contributed by atoms with Gasteiger partial charge in [-0.3, -0.25) is 4.79 Å². The molecule has 9 nitrogen and oxygen atoms in total. The highest BCUT2D eigenvalue weighted by atomic mass is 19.3. The molecular weight excluding hydrogens is 454 g/mol. The highest BCUT2D eigenvalue weighted by Crippen LogP contribution is 2.39. The van der Waals surface area contributed by atoms with Gasteiger partial charge in [-0.25, -0.2) is 23.7 Å². The lowest BCUT2D eigenvalue weighted by atomic mass is 10.0. The van der Waals surface area contributed by atoms with Crippen LogP contribution in [-0.4, -0.2) is 65.9 Å². The van der Waals surface area contributed by atoms with Gasteiger partial charge < -0.3 is 19.8 Å². The predicted molar refractivity (Wildman–Crippen MR) is 127 cm³/mol. The quantitative estimate of drug-likeness (QED) is 0.452. The number of halogens is 2. The zero-order chi connectivity index (χ0) is 24.3. The van der Waals surface area contributed by atoms with Crippen LogP contribution in [0.5, 0.6) is 0 Å². The van der Waals surface area contributed by atoms with Gasteiger partial charge in [-0.05, 0) is 37.7 Å². The minimum absolute atomic E-state index is 0.156. The van der Waals surface area contributed by atoms with Gasteiger partial charge >= 0.3 is 0 Å². The third kappa shape index (κ3) is 3.88. The number of pyridine rings is 1. The molecule has 0 aromatic carbocycles. The molecule has 3 atom stereocenters. The van der Waals surface area contributed by atoms with Crippen LogP contribution in [0.15, 0.2) is 24.7 Å². The third-order valence-electron chi connectivity index (χ3n) is 7.39. The number of hydrogen-bond acceptors (Lipinski definition) is 6. The molecule has 1 amide bonds. The van der Waals surface area contributed by atoms with Crippen LogP contribution in [0.2, 0.25) is 0 Å². The van der Waals surface area contributed by atoms with Gasteiger partial charge in [-0.1, -0.05) is 0 Å². The fourth-order valence-electron chi connectivity index (χ4n) is 5.71. The second kappa shape index (κ2) is 8.24. The number of aromatic amines is 1. The summed E-state index contributed by atoms with van der Waals surface area (Å²) >= 11 is 0. The minimum atomic E-state index is -2.48. The molecule has 0 radical (unpaired) electrons. The molecule has 4 aromatic heterocycles. The second-order valence-electron chi connectivity index (χ2n) is 9.64. The van der Waals surface area contributed by atoms with Crippen LogP contribution < -0.4 is 5.32 Å². The molecule has 4 aromatic rings. The number of fused-ring (bicyclic) bond motifs is 3. The first-order chi connectivity index (χ1) is 16.9. The highest BCUT2D eigenvalue weighted by Gasteiger charge is 2.41. The fourth-order valence-corrected chi connectivity index (χ4v) is 5.71. The van der Waals surface area contributed by atoms with Crippen LogP contribution in [0.4, 0.5) is 14.7 Å². The van der Waals surface area contributed by atoms with Crippen molar-refractivity contribution >= 4 is 34.1 Å². The average molecular weight is 481 g/mol. The van der Waals surface area contributed by atoms with Crippen LogP contribution >= 0.6 is 0 Å². The minimum Gasteiger partial charge on any atom is -0.351 e. The molecule has 1 aliphatic carbocycles. The number of alkyl halides is 2. The number of carbonyl (C=O) groups excluding carboxylic acids is 1. The molecule has 0 unspecified atom stereocenters. The van der Waals surface area contributed by atoms with Crippen molar-refractivity contribution in [3.05, 3.63) is 30.5 Å². The molecule has 2 aliphatic rings. The van der Waals surface area contributed by atoms with Crippen LogP contribution in [-0.2, 0) is 11.3 Å². The lowest BCUT2D eigenvalue weighted by molar-refractivity contribution is -0.128. The molecule has 0 bridgehead atoms. The summed E-state index contributed by atoms with van der Waals surface area (Å²) in [7, 11) is 0. The Hall–Kier alpha value is -3.63. The number of carbonyl (C=O) groups is 1. The van der Waals surface area contributed by atoms with E-state index in [1.54, 1.807) is 26.2 Å². The van der Waals surface area contributed by atoms with Crippen molar-refractivity contribution in [2.24, 2.45) is 11.8 Å². The third-order valence-corrected chi connectivity index (χ3v) is 7.39. The summed E-state index contributed by atoms with van der Waals surface area (Å²) in [5.41, 5.74) is 3.34. The van der Waals surface area contributed by atoms with E-state index in [9.17, 15) is 13.6 Å². The van der Waals surface area contributed by atoms with E-state index in [1.165, 1.54) is 4.57 Å². The smallest absolute Gasteiger partial charge is 0.256 e. The zero-order valence-electron chi connectivity index (χ0n) is 19.5. The molecule has 0 spiro atoms. The first-order valence-corrected chi connectivity index (χ1v) is 11.8. The number of nitrogens with zero attached hydrogens (tertiary/aromatic N) is 6. The first-order valence-electron chi connectivity index (χ1n) is 11.8. The van der Waals surface area contributed by atoms with Crippen LogP contribution in [0, 0.1) is 18.8 Å². The summed E-state index contributed by atoms with van der Waals surface area (Å²) in [6.45, 7) is 4.60. The number of H-pyrrole nitrogens is 1. The largest absolute Gasteiger partial charge is 0.351 e. The number of aryl methyl sites for hydroxylation is 1. The average Bonchev–Trinajstić information content (AvgIpc) is 3.55. The van der Waals surface area contributed by atoms with Gasteiger partial charge in [0.1, 0.15) is 11.5 Å². The van der Waals surface area contributed by atoms with Crippen LogP contribution in [0.3, 0.4) is 0 Å². The van der Waals surface area contributed by atoms with E-state index in [4.69, 9.17) is 0 Å². The lowest BCUT2D eigenvalue weighted by Gasteiger charge is -2.18. The van der Waals surface area contributed by atoms with E-state index in [2.05, 4.69) is 30.2 Å². The SMILES string of the molecule is CC(=O)N1C[C@H]2C[C@H](Nc3ncc4c(-c5cnc6nc(C)n(CC(F)F)c6c5)c[nH]c4n3)C[C@H]2C1. The number of imidazole rings is 1. The number of aromatic nitrogens is 6. The van der Waals surface area contributed by atoms with Gasteiger partial charge in [-0.2, -0.15) is 4.98 Å². The Morgan fingerprint density at radius 3 is 2.69 bits per heavy atom. The Morgan fingerprint density at radius 2 is 1.97 bits per heavy atom. The van der Waals surface area contributed by atoms with E-state index < -0.39 is 13.0 Å². The van der Waals surface area contributed by atoms with E-state index in [0.29, 0.717) is 40.4 Å². The van der Waals surface area contributed by atoms with Gasteiger partial charge in [0.2, 0.25) is 11.9 Å². The maximum Gasteiger partial charge on any atom is 0.256 e. The Kier molecular flexibility index (Phi) is 5.15. The summed E-state index contributed by atoms with van der Waals surface area (Å²) in [4.78, 5) is 34.7. The molecule has 35 heavy (non-hydrogen) atoms. The normalized spacial score (nSPS) is 22.0. The molecule has 1 aliphatic heterocycles. The van der Waals surface area contributed by atoms with Crippen molar-refractivity contribution in [2.75, 3.05) is 18.4 Å². The van der Waals surface area contributed by atoms with Crippen molar-refractivity contribution < 1.29 is 13.6 Å². The second-order valence-corrected chi connectivity index (χ2v) is 9.64. The monoisotopic (exact) mass is 480 g/mol. The molecule has 6 rings (SSSR count). The Balaban J connectivity index is 1.23. The molecular formula is C24H26F2N8O. The highest BCUT2D eigenvalue weighted by molar-refractivity contribution is 5.95. The molecule has 11 heteroatoms. The van der Waals surface area contributed by atoms with Crippen molar-refractivity contribution in [1.29, 1.82) is 0 Å². The number of amides is 1. The fraction of sp³-hybridized carbons (Fsp3) is 0.458. The van der Waals surface area contributed by atoms with E-state index in [1.807, 2.05) is 17.2 Å².